The van der Waals surface area contributed by atoms with Crippen molar-refractivity contribution in [1.82, 2.24) is 0 Å². The first kappa shape index (κ1) is 14.1. The highest BCUT2D eigenvalue weighted by atomic mass is 29.5. The average Bonchev–Trinajstić information content (AvgIpc) is 1.78. The Hall–Kier alpha value is 1.08. The summed E-state index contributed by atoms with van der Waals surface area (Å²) < 4.78 is 0. The van der Waals surface area contributed by atoms with E-state index in [4.69, 9.17) is 0 Å². The highest BCUT2D eigenvalue weighted by Gasteiger charge is 2.21. The molecule has 0 amide bonds. The summed E-state index contributed by atoms with van der Waals surface area (Å²) in [7, 11) is 3.51. The maximum absolute atomic E-state index is 3.99. The lowest BCUT2D eigenvalue weighted by atomic mass is 11.7. The van der Waals surface area contributed by atoms with Crippen LogP contribution in [0.3, 0.4) is 0 Å². The molecule has 0 aromatic heterocycles. The second kappa shape index (κ2) is 5.25. The third-order valence-electron chi connectivity index (χ3n) is 1.54. The number of hydrogen-bond donors (Lipinski definition) is 0. The van der Waals surface area contributed by atoms with Crippen molar-refractivity contribution in [3.05, 3.63) is 0 Å². The second-order valence-corrected chi connectivity index (χ2v) is 26.7. The van der Waals surface area contributed by atoms with Gasteiger partial charge in [-0.25, -0.2) is 0 Å². The zero-order valence-electron chi connectivity index (χ0n) is 9.91. The molecule has 0 aliphatic carbocycles. The van der Waals surface area contributed by atoms with Gasteiger partial charge >= 0.3 is 0 Å². The fourth-order valence-corrected chi connectivity index (χ4v) is 28.4. The monoisotopic (exact) mass is 258 g/mol. The molecule has 0 saturated carbocycles. The summed E-state index contributed by atoms with van der Waals surface area (Å²) in [5.74, 6) is 0. The van der Waals surface area contributed by atoms with Gasteiger partial charge in [-0.15, -0.1) is 0 Å². The van der Waals surface area contributed by atoms with Crippen molar-refractivity contribution in [3.63, 3.8) is 0 Å². The maximum atomic E-state index is 3.99. The molecule has 0 aliphatic rings. The Morgan fingerprint density at radius 3 is 1.77 bits per heavy atom. The Bertz CT molecular complexity index is 144. The van der Waals surface area contributed by atoms with Crippen molar-refractivity contribution < 1.29 is 0 Å². The molecular formula is C8H22Si5. The topological polar surface area (TPSA) is 0 Å². The molecular weight excluding hydrogens is 237 g/mol. The van der Waals surface area contributed by atoms with Crippen LogP contribution in [0.25, 0.3) is 0 Å². The number of rotatable bonds is 5. The van der Waals surface area contributed by atoms with Gasteiger partial charge in [-0.05, 0) is 0 Å². The molecule has 0 unspecified atom stereocenters. The zero-order chi connectivity index (χ0) is 10.7. The largest absolute Gasteiger partial charge is 0.0698 e. The summed E-state index contributed by atoms with van der Waals surface area (Å²) in [6.07, 6.45) is 0. The van der Waals surface area contributed by atoms with E-state index in [0.717, 1.165) is 0 Å². The van der Waals surface area contributed by atoms with Gasteiger partial charge in [-0.1, -0.05) is 50.6 Å². The molecule has 0 nitrogen and oxygen atoms in total. The molecule has 0 atom stereocenters. The van der Waals surface area contributed by atoms with E-state index in [9.17, 15) is 0 Å². The van der Waals surface area contributed by atoms with Crippen LogP contribution in [0.2, 0.25) is 50.6 Å². The van der Waals surface area contributed by atoms with Crippen LogP contribution < -0.4 is 0 Å². The summed E-state index contributed by atoms with van der Waals surface area (Å²) in [5, 5.41) is 0. The predicted octanol–water partition coefficient (Wildman–Crippen LogP) is 2.52. The highest BCUT2D eigenvalue weighted by Crippen LogP contribution is 2.12. The van der Waals surface area contributed by atoms with Gasteiger partial charge in [0.2, 0.25) is 0 Å². The van der Waals surface area contributed by atoms with Crippen LogP contribution in [0.15, 0.2) is 0 Å². The Kier molecular flexibility index (Phi) is 5.68. The van der Waals surface area contributed by atoms with Crippen molar-refractivity contribution in [3.8, 4) is 0 Å². The standard InChI is InChI=1S/C8H22Si5/c1-12(2,3)7-10-11(9)8-13(4,5)6/h7-8H2,1-6H3. The van der Waals surface area contributed by atoms with Gasteiger partial charge in [0.25, 0.3) is 0 Å². The molecule has 6 radical (unpaired) electrons. The molecule has 0 heterocycles. The summed E-state index contributed by atoms with van der Waals surface area (Å²) in [5.41, 5.74) is 3.08. The van der Waals surface area contributed by atoms with Gasteiger partial charge in [0, 0.05) is 42.8 Å². The lowest BCUT2D eigenvalue weighted by molar-refractivity contribution is 1.62. The minimum Gasteiger partial charge on any atom is -0.0698 e. The Balaban J connectivity index is 3.70. The first-order valence-corrected chi connectivity index (χ1v) is 17.7. The molecule has 13 heavy (non-hydrogen) atoms. The molecule has 5 heteroatoms. The number of hydrogen-bond acceptors (Lipinski definition) is 0. The summed E-state index contributed by atoms with van der Waals surface area (Å²) in [6.45, 7) is 14.9. The SMILES string of the molecule is C[Si](C)(C)C[Si][Si]([Si])C[Si](C)(C)C. The normalized spacial score (nSPS) is 13.8. The fraction of sp³-hybridized carbons (Fsp3) is 1.00. The summed E-state index contributed by atoms with van der Waals surface area (Å²) in [4.78, 5) is 0. The van der Waals surface area contributed by atoms with Crippen molar-refractivity contribution in [2.45, 2.75) is 50.6 Å². The van der Waals surface area contributed by atoms with E-state index in [2.05, 4.69) is 49.0 Å². The average molecular weight is 259 g/mol. The molecule has 0 rings (SSSR count). The van der Waals surface area contributed by atoms with E-state index < -0.39 is 16.1 Å². The second-order valence-electron chi connectivity index (χ2n) is 6.13. The van der Waals surface area contributed by atoms with E-state index in [-0.39, 0.29) is 7.83 Å². The predicted molar refractivity (Wildman–Crippen MR) is 73.6 cm³/mol. The van der Waals surface area contributed by atoms with Crippen molar-refractivity contribution in [1.29, 1.82) is 0 Å². The summed E-state index contributed by atoms with van der Waals surface area (Å²) in [6, 6.07) is 0. The molecule has 0 N–H and O–H groups in total. The van der Waals surface area contributed by atoms with Gasteiger partial charge < -0.3 is 0 Å². The van der Waals surface area contributed by atoms with Crippen molar-refractivity contribution >= 4 is 42.8 Å². The highest BCUT2D eigenvalue weighted by molar-refractivity contribution is 7.38. The van der Waals surface area contributed by atoms with Gasteiger partial charge in [-0.2, -0.15) is 0 Å². The van der Waals surface area contributed by atoms with Crippen LogP contribution in [-0.4, -0.2) is 42.8 Å². The van der Waals surface area contributed by atoms with E-state index in [1.165, 1.54) is 20.4 Å². The first-order valence-electron chi connectivity index (χ1n) is 4.91. The molecule has 0 fully saturated rings. The smallest absolute Gasteiger partial charge is 0.0409 e. The molecule has 0 bridgehead atoms. The Morgan fingerprint density at radius 2 is 1.46 bits per heavy atom. The third-order valence-corrected chi connectivity index (χ3v) is 20.2. The Labute approximate surface area is 93.4 Å². The first-order chi connectivity index (χ1) is 5.60. The van der Waals surface area contributed by atoms with Crippen molar-refractivity contribution in [2.24, 2.45) is 0 Å². The molecule has 74 valence electrons. The molecule has 0 aliphatic heterocycles. The van der Waals surface area contributed by atoms with E-state index >= 15 is 0 Å². The molecule has 0 aromatic carbocycles. The summed E-state index contributed by atoms with van der Waals surface area (Å²) >= 11 is 0. The van der Waals surface area contributed by atoms with Crippen LogP contribution in [0.5, 0.6) is 0 Å². The van der Waals surface area contributed by atoms with Crippen LogP contribution in [-0.2, 0) is 0 Å². The van der Waals surface area contributed by atoms with Crippen LogP contribution in [0.1, 0.15) is 0 Å². The molecule has 0 spiro atoms. The minimum atomic E-state index is -0.798. The van der Waals surface area contributed by atoms with E-state index in [1.54, 1.807) is 0 Å². The molecule has 0 saturated heterocycles. The fourth-order valence-electron chi connectivity index (χ4n) is 0.965. The van der Waals surface area contributed by atoms with E-state index in [0.29, 0.717) is 0 Å². The lowest BCUT2D eigenvalue weighted by Gasteiger charge is -2.22. The lowest BCUT2D eigenvalue weighted by Crippen LogP contribution is -2.38. The van der Waals surface area contributed by atoms with E-state index in [1.807, 2.05) is 0 Å². The maximum Gasteiger partial charge on any atom is 0.0409 e. The van der Waals surface area contributed by atoms with Gasteiger partial charge in [-0.3, -0.25) is 0 Å². The third kappa shape index (κ3) is 11.0. The van der Waals surface area contributed by atoms with Gasteiger partial charge in [0.05, 0.1) is 0 Å². The van der Waals surface area contributed by atoms with Gasteiger partial charge in [0.15, 0.2) is 0 Å². The minimum absolute atomic E-state index is 0.150. The zero-order valence-corrected chi connectivity index (χ0v) is 14.9. The Morgan fingerprint density at radius 1 is 1.00 bits per heavy atom. The van der Waals surface area contributed by atoms with Crippen molar-refractivity contribution in [2.75, 3.05) is 0 Å². The quantitative estimate of drug-likeness (QED) is 0.665. The molecule has 0 aromatic rings. The van der Waals surface area contributed by atoms with Gasteiger partial charge in [0.1, 0.15) is 0 Å². The van der Waals surface area contributed by atoms with Crippen LogP contribution in [0.4, 0.5) is 0 Å². The van der Waals surface area contributed by atoms with Crippen LogP contribution in [0, 0.1) is 0 Å². The van der Waals surface area contributed by atoms with Crippen LogP contribution >= 0.6 is 0 Å².